The van der Waals surface area contributed by atoms with E-state index in [0.717, 1.165) is 30.7 Å². The van der Waals surface area contributed by atoms with Crippen molar-refractivity contribution in [1.29, 1.82) is 0 Å². The van der Waals surface area contributed by atoms with Crippen LogP contribution in [0.15, 0.2) is 5.38 Å². The predicted octanol–water partition coefficient (Wildman–Crippen LogP) is 2.54. The maximum atomic E-state index is 12.3. The van der Waals surface area contributed by atoms with Crippen LogP contribution in [0.2, 0.25) is 0 Å². The summed E-state index contributed by atoms with van der Waals surface area (Å²) in [5.74, 6) is 0.721. The third kappa shape index (κ3) is 3.04. The van der Waals surface area contributed by atoms with Crippen molar-refractivity contribution in [3.63, 3.8) is 0 Å². The summed E-state index contributed by atoms with van der Waals surface area (Å²) < 4.78 is 0. The predicted molar refractivity (Wildman–Crippen MR) is 80.5 cm³/mol. The number of aromatic nitrogens is 1. The van der Waals surface area contributed by atoms with Gasteiger partial charge in [0.05, 0.1) is 18.2 Å². The van der Waals surface area contributed by atoms with Crippen LogP contribution in [0, 0.1) is 5.92 Å². The van der Waals surface area contributed by atoms with Crippen molar-refractivity contribution in [2.75, 3.05) is 0 Å². The van der Waals surface area contributed by atoms with Gasteiger partial charge in [0, 0.05) is 16.8 Å². The summed E-state index contributed by atoms with van der Waals surface area (Å²) in [5, 5.41) is 6.17. The zero-order valence-electron chi connectivity index (χ0n) is 12.0. The standard InChI is InChI=1S/C15H23N3OS/c1-15(16)7-3-2-4-11(15)14(19)17-8-13-18-12(9-20-13)10-5-6-10/h9-11H,2-8,16H2,1H3,(H,17,19). The number of nitrogens with two attached hydrogens (primary N) is 1. The first-order valence-electron chi connectivity index (χ1n) is 7.57. The minimum absolute atomic E-state index is 0.0564. The Morgan fingerprint density at radius 1 is 1.50 bits per heavy atom. The molecule has 1 heterocycles. The second kappa shape index (κ2) is 5.45. The summed E-state index contributed by atoms with van der Waals surface area (Å²) in [6, 6.07) is 0. The summed E-state index contributed by atoms with van der Waals surface area (Å²) in [6.07, 6.45) is 6.62. The van der Waals surface area contributed by atoms with Crippen molar-refractivity contribution in [3.8, 4) is 0 Å². The second-order valence-corrected chi connectivity index (χ2v) is 7.41. The highest BCUT2D eigenvalue weighted by atomic mass is 32.1. The maximum absolute atomic E-state index is 12.3. The average Bonchev–Trinajstić information content (AvgIpc) is 3.15. The van der Waals surface area contributed by atoms with Gasteiger partial charge in [-0.25, -0.2) is 4.98 Å². The lowest BCUT2D eigenvalue weighted by Gasteiger charge is -2.37. The Kier molecular flexibility index (Phi) is 3.82. The molecule has 2 saturated carbocycles. The smallest absolute Gasteiger partial charge is 0.225 e. The number of rotatable bonds is 4. The van der Waals surface area contributed by atoms with Gasteiger partial charge in [-0.05, 0) is 32.6 Å². The molecule has 0 aliphatic heterocycles. The summed E-state index contributed by atoms with van der Waals surface area (Å²) in [5.41, 5.74) is 7.12. The van der Waals surface area contributed by atoms with Gasteiger partial charge in [-0.1, -0.05) is 12.8 Å². The Hall–Kier alpha value is -0.940. The van der Waals surface area contributed by atoms with Gasteiger partial charge in [0.1, 0.15) is 5.01 Å². The van der Waals surface area contributed by atoms with E-state index in [-0.39, 0.29) is 17.4 Å². The summed E-state index contributed by atoms with van der Waals surface area (Å²) in [4.78, 5) is 16.9. The first-order chi connectivity index (χ1) is 9.56. The van der Waals surface area contributed by atoms with Crippen molar-refractivity contribution in [2.24, 2.45) is 11.7 Å². The van der Waals surface area contributed by atoms with E-state index in [1.807, 2.05) is 6.92 Å². The number of carbonyl (C=O) groups is 1. The van der Waals surface area contributed by atoms with Crippen LogP contribution in [-0.4, -0.2) is 16.4 Å². The van der Waals surface area contributed by atoms with Gasteiger partial charge in [-0.3, -0.25) is 4.79 Å². The Morgan fingerprint density at radius 2 is 2.30 bits per heavy atom. The maximum Gasteiger partial charge on any atom is 0.225 e. The molecule has 4 nitrogen and oxygen atoms in total. The lowest BCUT2D eigenvalue weighted by atomic mass is 9.74. The fourth-order valence-electron chi connectivity index (χ4n) is 3.05. The molecule has 2 unspecified atom stereocenters. The van der Waals surface area contributed by atoms with Crippen molar-refractivity contribution < 1.29 is 4.79 Å². The van der Waals surface area contributed by atoms with E-state index < -0.39 is 0 Å². The van der Waals surface area contributed by atoms with Crippen molar-refractivity contribution in [3.05, 3.63) is 16.1 Å². The fraction of sp³-hybridized carbons (Fsp3) is 0.733. The molecule has 2 fully saturated rings. The number of hydrogen-bond acceptors (Lipinski definition) is 4. The summed E-state index contributed by atoms with van der Waals surface area (Å²) >= 11 is 1.65. The highest BCUT2D eigenvalue weighted by Gasteiger charge is 2.37. The minimum Gasteiger partial charge on any atom is -0.349 e. The third-order valence-electron chi connectivity index (χ3n) is 4.55. The van der Waals surface area contributed by atoms with Gasteiger partial charge >= 0.3 is 0 Å². The molecule has 0 aromatic carbocycles. The average molecular weight is 293 g/mol. The highest BCUT2D eigenvalue weighted by Crippen LogP contribution is 2.40. The van der Waals surface area contributed by atoms with E-state index in [0.29, 0.717) is 12.5 Å². The van der Waals surface area contributed by atoms with Gasteiger partial charge in [-0.15, -0.1) is 11.3 Å². The number of nitrogens with zero attached hydrogens (tertiary/aromatic N) is 1. The van der Waals surface area contributed by atoms with Crippen LogP contribution in [0.5, 0.6) is 0 Å². The number of hydrogen-bond donors (Lipinski definition) is 2. The van der Waals surface area contributed by atoms with E-state index in [1.165, 1.54) is 18.5 Å². The molecule has 3 rings (SSSR count). The highest BCUT2D eigenvalue weighted by molar-refractivity contribution is 7.09. The van der Waals surface area contributed by atoms with Crippen molar-refractivity contribution in [1.82, 2.24) is 10.3 Å². The first-order valence-corrected chi connectivity index (χ1v) is 8.45. The molecule has 20 heavy (non-hydrogen) atoms. The molecule has 0 bridgehead atoms. The Balaban J connectivity index is 1.55. The SMILES string of the molecule is CC1(N)CCCCC1C(=O)NCc1nc(C2CC2)cs1. The number of nitrogens with one attached hydrogen (secondary N) is 1. The quantitative estimate of drug-likeness (QED) is 0.896. The molecular formula is C15H23N3OS. The molecule has 3 N–H and O–H groups in total. The molecule has 0 spiro atoms. The van der Waals surface area contributed by atoms with Crippen LogP contribution in [0.3, 0.4) is 0 Å². The number of carbonyl (C=O) groups excluding carboxylic acids is 1. The van der Waals surface area contributed by atoms with E-state index in [4.69, 9.17) is 5.73 Å². The van der Waals surface area contributed by atoms with E-state index in [1.54, 1.807) is 11.3 Å². The molecule has 2 aliphatic carbocycles. The van der Waals surface area contributed by atoms with Crippen LogP contribution < -0.4 is 11.1 Å². The van der Waals surface area contributed by atoms with Crippen LogP contribution >= 0.6 is 11.3 Å². The second-order valence-electron chi connectivity index (χ2n) is 6.46. The molecule has 5 heteroatoms. The molecular weight excluding hydrogens is 270 g/mol. The zero-order valence-corrected chi connectivity index (χ0v) is 12.8. The normalized spacial score (nSPS) is 30.2. The topological polar surface area (TPSA) is 68.0 Å². The summed E-state index contributed by atoms with van der Waals surface area (Å²) in [7, 11) is 0. The van der Waals surface area contributed by atoms with Crippen LogP contribution in [0.4, 0.5) is 0 Å². The molecule has 0 saturated heterocycles. The van der Waals surface area contributed by atoms with E-state index in [9.17, 15) is 4.79 Å². The van der Waals surface area contributed by atoms with E-state index in [2.05, 4.69) is 15.7 Å². The first kappa shape index (κ1) is 14.0. The van der Waals surface area contributed by atoms with Crippen molar-refractivity contribution in [2.45, 2.75) is 63.5 Å². The van der Waals surface area contributed by atoms with Gasteiger partial charge in [0.25, 0.3) is 0 Å². The third-order valence-corrected chi connectivity index (χ3v) is 5.42. The van der Waals surface area contributed by atoms with Gasteiger partial charge < -0.3 is 11.1 Å². The lowest BCUT2D eigenvalue weighted by Crippen LogP contribution is -2.52. The lowest BCUT2D eigenvalue weighted by molar-refractivity contribution is -0.128. The number of thiazole rings is 1. The number of amides is 1. The molecule has 0 radical (unpaired) electrons. The summed E-state index contributed by atoms with van der Waals surface area (Å²) in [6.45, 7) is 2.55. The van der Waals surface area contributed by atoms with Crippen LogP contribution in [0.1, 0.15) is 62.1 Å². The Labute approximate surface area is 124 Å². The molecule has 2 aliphatic rings. The van der Waals surface area contributed by atoms with E-state index >= 15 is 0 Å². The largest absolute Gasteiger partial charge is 0.349 e. The minimum atomic E-state index is -0.357. The molecule has 110 valence electrons. The monoisotopic (exact) mass is 293 g/mol. The van der Waals surface area contributed by atoms with Gasteiger partial charge in [-0.2, -0.15) is 0 Å². The van der Waals surface area contributed by atoms with Gasteiger partial charge in [0.15, 0.2) is 0 Å². The fourth-order valence-corrected chi connectivity index (χ4v) is 3.86. The van der Waals surface area contributed by atoms with Crippen LogP contribution in [0.25, 0.3) is 0 Å². The molecule has 1 aromatic heterocycles. The Bertz CT molecular complexity index is 493. The molecule has 2 atom stereocenters. The zero-order chi connectivity index (χ0) is 14.2. The molecule has 1 amide bonds. The Morgan fingerprint density at radius 3 is 3.00 bits per heavy atom. The molecule has 1 aromatic rings. The van der Waals surface area contributed by atoms with Crippen molar-refractivity contribution >= 4 is 17.2 Å². The van der Waals surface area contributed by atoms with Gasteiger partial charge in [0.2, 0.25) is 5.91 Å². The van der Waals surface area contributed by atoms with Crippen LogP contribution in [-0.2, 0) is 11.3 Å².